The molecule has 6 rings (SSSR count). The van der Waals surface area contributed by atoms with Gasteiger partial charge < -0.3 is 19.6 Å². The number of aliphatic hydroxyl groups excluding tert-OH is 1. The molecule has 1 N–H and O–H groups in total. The van der Waals surface area contributed by atoms with E-state index < -0.39 is 5.67 Å². The van der Waals surface area contributed by atoms with Crippen LogP contribution < -0.4 is 14.5 Å². The Morgan fingerprint density at radius 2 is 1.89 bits per heavy atom. The molecular formula is C26H31FN6O2. The summed E-state index contributed by atoms with van der Waals surface area (Å²) in [6.07, 6.45) is 7.56. The number of aliphatic hydroxyl groups is 1. The molecule has 0 bridgehead atoms. The predicted molar refractivity (Wildman–Crippen MR) is 132 cm³/mol. The highest BCUT2D eigenvalue weighted by atomic mass is 19.1. The van der Waals surface area contributed by atoms with Crippen molar-refractivity contribution >= 4 is 22.5 Å². The molecule has 3 aliphatic rings. The monoisotopic (exact) mass is 478 g/mol. The van der Waals surface area contributed by atoms with Gasteiger partial charge in [0.2, 0.25) is 0 Å². The van der Waals surface area contributed by atoms with Gasteiger partial charge >= 0.3 is 0 Å². The highest BCUT2D eigenvalue weighted by Crippen LogP contribution is 2.45. The van der Waals surface area contributed by atoms with Crippen molar-refractivity contribution in [1.82, 2.24) is 19.9 Å². The zero-order valence-electron chi connectivity index (χ0n) is 20.0. The van der Waals surface area contributed by atoms with Crippen LogP contribution in [-0.4, -0.2) is 64.4 Å². The Balaban J connectivity index is 1.34. The minimum absolute atomic E-state index is 0.283. The molecule has 0 aromatic carbocycles. The molecule has 9 heteroatoms. The molecule has 0 unspecified atom stereocenters. The maximum absolute atomic E-state index is 15.4. The third kappa shape index (κ3) is 4.05. The van der Waals surface area contributed by atoms with Crippen LogP contribution in [0, 0.1) is 0 Å². The molecule has 3 fully saturated rings. The van der Waals surface area contributed by atoms with E-state index in [2.05, 4.69) is 24.8 Å². The topological polar surface area (TPSA) is 87.5 Å². The number of hydrogen-bond acceptors (Lipinski definition) is 8. The maximum Gasteiger partial charge on any atom is 0.170 e. The molecule has 1 saturated carbocycles. The van der Waals surface area contributed by atoms with Gasteiger partial charge in [-0.3, -0.25) is 4.98 Å². The van der Waals surface area contributed by atoms with Crippen molar-refractivity contribution in [2.75, 3.05) is 43.1 Å². The van der Waals surface area contributed by atoms with E-state index in [4.69, 9.17) is 9.72 Å². The summed E-state index contributed by atoms with van der Waals surface area (Å²) in [5, 5.41) is 10.9. The van der Waals surface area contributed by atoms with Gasteiger partial charge in [0.25, 0.3) is 0 Å². The quantitative estimate of drug-likeness (QED) is 0.594. The minimum Gasteiger partial charge on any atom is -0.495 e. The second-order valence-electron chi connectivity index (χ2n) is 9.99. The van der Waals surface area contributed by atoms with Crippen LogP contribution in [0.25, 0.3) is 10.9 Å². The van der Waals surface area contributed by atoms with Crippen LogP contribution in [0.4, 0.5) is 16.0 Å². The average Bonchev–Trinajstić information content (AvgIpc) is 3.32. The van der Waals surface area contributed by atoms with E-state index >= 15 is 4.39 Å². The predicted octanol–water partition coefficient (Wildman–Crippen LogP) is 3.73. The van der Waals surface area contributed by atoms with Crippen molar-refractivity contribution in [1.29, 1.82) is 0 Å². The lowest BCUT2D eigenvalue weighted by atomic mass is 9.81. The van der Waals surface area contributed by atoms with E-state index in [-0.39, 0.29) is 11.9 Å². The Morgan fingerprint density at radius 3 is 2.57 bits per heavy atom. The van der Waals surface area contributed by atoms with Gasteiger partial charge in [0, 0.05) is 43.7 Å². The number of methoxy groups -OCH3 is 1. The molecule has 1 atom stereocenters. The molecule has 3 aromatic heterocycles. The zero-order chi connectivity index (χ0) is 24.0. The second-order valence-corrected chi connectivity index (χ2v) is 9.99. The lowest BCUT2D eigenvalue weighted by Crippen LogP contribution is -2.36. The number of piperidine rings is 1. The normalized spacial score (nSPS) is 22.4. The van der Waals surface area contributed by atoms with Crippen LogP contribution in [0.5, 0.6) is 5.75 Å². The number of rotatable bonds is 5. The molecule has 2 saturated heterocycles. The first-order valence-corrected chi connectivity index (χ1v) is 12.6. The Morgan fingerprint density at radius 1 is 1.09 bits per heavy atom. The number of ether oxygens (including phenoxy) is 1. The van der Waals surface area contributed by atoms with Crippen LogP contribution >= 0.6 is 0 Å². The van der Waals surface area contributed by atoms with Gasteiger partial charge in [-0.2, -0.15) is 0 Å². The van der Waals surface area contributed by atoms with E-state index in [0.29, 0.717) is 30.8 Å². The van der Waals surface area contributed by atoms with E-state index in [0.717, 1.165) is 73.8 Å². The average molecular weight is 479 g/mol. The Hall–Kier alpha value is -3.07. The first-order valence-electron chi connectivity index (χ1n) is 12.6. The zero-order valence-corrected chi connectivity index (χ0v) is 20.0. The van der Waals surface area contributed by atoms with Crippen molar-refractivity contribution in [3.05, 3.63) is 42.1 Å². The summed E-state index contributed by atoms with van der Waals surface area (Å²) in [6, 6.07) is 5.86. The number of pyridine rings is 2. The van der Waals surface area contributed by atoms with Crippen LogP contribution in [0.15, 0.2) is 30.6 Å². The third-order valence-electron chi connectivity index (χ3n) is 7.78. The van der Waals surface area contributed by atoms with Gasteiger partial charge in [0.15, 0.2) is 11.5 Å². The summed E-state index contributed by atoms with van der Waals surface area (Å²) in [5.41, 5.74) is 0.227. The summed E-state index contributed by atoms with van der Waals surface area (Å²) < 4.78 is 21.0. The molecule has 184 valence electrons. The third-order valence-corrected chi connectivity index (χ3v) is 7.78. The molecule has 1 aliphatic carbocycles. The van der Waals surface area contributed by atoms with Crippen molar-refractivity contribution in [3.63, 3.8) is 0 Å². The number of β-amino-alcohol motifs (C(OH)–C–C–N with tert-alkyl or cyclic N) is 1. The number of aromatic nitrogens is 4. The van der Waals surface area contributed by atoms with Crippen molar-refractivity contribution in [2.24, 2.45) is 0 Å². The van der Waals surface area contributed by atoms with Crippen LogP contribution in [0.2, 0.25) is 0 Å². The van der Waals surface area contributed by atoms with Gasteiger partial charge in [-0.05, 0) is 56.7 Å². The summed E-state index contributed by atoms with van der Waals surface area (Å²) in [4.78, 5) is 23.0. The number of anilines is 2. The summed E-state index contributed by atoms with van der Waals surface area (Å²) in [6.45, 7) is 2.90. The first kappa shape index (κ1) is 22.4. The lowest BCUT2D eigenvalue weighted by molar-refractivity contribution is 0.0512. The molecule has 0 radical (unpaired) electrons. The molecule has 2 aliphatic heterocycles. The molecule has 0 spiro atoms. The Kier molecular flexibility index (Phi) is 5.67. The van der Waals surface area contributed by atoms with Crippen LogP contribution in [0.3, 0.4) is 0 Å². The van der Waals surface area contributed by atoms with E-state index in [1.165, 1.54) is 0 Å². The van der Waals surface area contributed by atoms with Gasteiger partial charge in [0.1, 0.15) is 17.4 Å². The van der Waals surface area contributed by atoms with Crippen molar-refractivity contribution < 1.29 is 14.2 Å². The number of nitrogens with zero attached hydrogens (tertiary/aromatic N) is 6. The first-order chi connectivity index (χ1) is 17.0. The van der Waals surface area contributed by atoms with Gasteiger partial charge in [-0.1, -0.05) is 0 Å². The molecule has 5 heterocycles. The standard InChI is InChI=1S/C26H31FN6O2/c1-35-21-4-2-10-28-23(21)17-5-11-32(12-6-17)24-19-14-22(33-13-7-18(34)16-33)29-15-20(19)30-25(31-24)26(27)8-3-9-26/h2,4,10,14-15,17-18,34H,3,5-9,11-13,16H2,1H3/t18-/m0/s1. The highest BCUT2D eigenvalue weighted by molar-refractivity contribution is 5.91. The minimum atomic E-state index is -1.44. The number of fused-ring (bicyclic) bond motifs is 1. The Bertz CT molecular complexity index is 1230. The van der Waals surface area contributed by atoms with Gasteiger partial charge in [-0.15, -0.1) is 0 Å². The summed E-state index contributed by atoms with van der Waals surface area (Å²) in [5.74, 6) is 3.00. The van der Waals surface area contributed by atoms with Gasteiger partial charge in [0.05, 0.1) is 30.6 Å². The van der Waals surface area contributed by atoms with Crippen LogP contribution in [-0.2, 0) is 5.67 Å². The molecular weight excluding hydrogens is 447 g/mol. The highest BCUT2D eigenvalue weighted by Gasteiger charge is 2.42. The van der Waals surface area contributed by atoms with E-state index in [1.54, 1.807) is 13.3 Å². The number of halogens is 1. The lowest BCUT2D eigenvalue weighted by Gasteiger charge is -2.36. The number of hydrogen-bond donors (Lipinski definition) is 1. The largest absolute Gasteiger partial charge is 0.495 e. The fourth-order valence-electron chi connectivity index (χ4n) is 5.53. The van der Waals surface area contributed by atoms with E-state index in [1.807, 2.05) is 24.4 Å². The number of alkyl halides is 1. The molecule has 8 nitrogen and oxygen atoms in total. The molecule has 0 amide bonds. The van der Waals surface area contributed by atoms with Crippen molar-refractivity contribution in [2.45, 2.75) is 56.2 Å². The summed E-state index contributed by atoms with van der Waals surface area (Å²) >= 11 is 0. The summed E-state index contributed by atoms with van der Waals surface area (Å²) in [7, 11) is 1.68. The smallest absolute Gasteiger partial charge is 0.170 e. The SMILES string of the molecule is COc1cccnc1C1CCN(c2nc(C3(F)CCC3)nc3cnc(N4CC[C@H](O)C4)cc23)CC1. The molecule has 35 heavy (non-hydrogen) atoms. The maximum atomic E-state index is 15.4. The Labute approximate surface area is 204 Å². The van der Waals surface area contributed by atoms with Crippen molar-refractivity contribution in [3.8, 4) is 5.75 Å². The van der Waals surface area contributed by atoms with Gasteiger partial charge in [-0.25, -0.2) is 19.3 Å². The second kappa shape index (κ2) is 8.86. The fourth-order valence-corrected chi connectivity index (χ4v) is 5.53. The fraction of sp³-hybridized carbons (Fsp3) is 0.538. The van der Waals surface area contributed by atoms with E-state index in [9.17, 15) is 5.11 Å². The van der Waals surface area contributed by atoms with Crippen LogP contribution in [0.1, 0.15) is 56.0 Å². The molecule has 3 aromatic rings.